The van der Waals surface area contributed by atoms with Gasteiger partial charge in [-0.3, -0.25) is 0 Å². The van der Waals surface area contributed by atoms with E-state index in [0.717, 1.165) is 6.07 Å². The first kappa shape index (κ1) is 7.02. The first-order valence-electron chi connectivity index (χ1n) is 3.22. The van der Waals surface area contributed by atoms with Crippen LogP contribution in [0.2, 0.25) is 0 Å². The van der Waals surface area contributed by atoms with Gasteiger partial charge in [0.15, 0.2) is 5.82 Å². The molecule has 3 nitrogen and oxygen atoms in total. The van der Waals surface area contributed by atoms with Crippen molar-refractivity contribution < 1.29 is 14.0 Å². The third kappa shape index (κ3) is 0.761. The Kier molecular flexibility index (Phi) is 1.27. The minimum absolute atomic E-state index is 0.0880. The van der Waals surface area contributed by atoms with E-state index in [4.69, 9.17) is 5.21 Å². The van der Waals surface area contributed by atoms with Crippen molar-refractivity contribution in [2.75, 3.05) is 0 Å². The Morgan fingerprint density at radius 3 is 2.75 bits per heavy atom. The molecular formula is C7H4F2N2O. The van der Waals surface area contributed by atoms with Gasteiger partial charge >= 0.3 is 6.08 Å². The van der Waals surface area contributed by atoms with Crippen LogP contribution in [0.15, 0.2) is 18.2 Å². The maximum absolute atomic E-state index is 12.9. The summed E-state index contributed by atoms with van der Waals surface area (Å²) in [4.78, 5) is 3.28. The molecule has 0 aliphatic carbocycles. The van der Waals surface area contributed by atoms with E-state index >= 15 is 0 Å². The van der Waals surface area contributed by atoms with Gasteiger partial charge in [-0.05, 0) is 12.1 Å². The van der Waals surface area contributed by atoms with Crippen LogP contribution in [-0.4, -0.2) is 14.9 Å². The topological polar surface area (TPSA) is 38.0 Å². The van der Waals surface area contributed by atoms with Crippen molar-refractivity contribution in [3.63, 3.8) is 0 Å². The summed E-state index contributed by atoms with van der Waals surface area (Å²) in [5.41, 5.74) is -0.148. The van der Waals surface area contributed by atoms with Gasteiger partial charge in [0.1, 0.15) is 5.52 Å². The van der Waals surface area contributed by atoms with Crippen LogP contribution in [-0.2, 0) is 0 Å². The number of benzene rings is 1. The number of para-hydroxylation sites is 1. The molecular weight excluding hydrogens is 166 g/mol. The van der Waals surface area contributed by atoms with Gasteiger partial charge in [-0.15, -0.1) is 4.73 Å². The maximum Gasteiger partial charge on any atom is 0.323 e. The van der Waals surface area contributed by atoms with E-state index < -0.39 is 11.9 Å². The van der Waals surface area contributed by atoms with Crippen molar-refractivity contribution >= 4 is 11.0 Å². The zero-order valence-corrected chi connectivity index (χ0v) is 5.83. The molecule has 0 unspecified atom stereocenters. The number of imidazole rings is 1. The fourth-order valence-electron chi connectivity index (χ4n) is 1.04. The monoisotopic (exact) mass is 170 g/mol. The molecule has 0 bridgehead atoms. The molecule has 0 fully saturated rings. The molecule has 0 radical (unpaired) electrons. The van der Waals surface area contributed by atoms with Gasteiger partial charge in [0.2, 0.25) is 0 Å². The molecule has 1 heterocycles. The van der Waals surface area contributed by atoms with E-state index in [-0.39, 0.29) is 15.8 Å². The average molecular weight is 170 g/mol. The summed E-state index contributed by atoms with van der Waals surface area (Å²) >= 11 is 0. The molecule has 0 atom stereocenters. The zero-order valence-electron chi connectivity index (χ0n) is 5.83. The van der Waals surface area contributed by atoms with Crippen LogP contribution in [0.4, 0.5) is 8.78 Å². The average Bonchev–Trinajstić information content (AvgIpc) is 2.29. The number of aromatic nitrogens is 2. The van der Waals surface area contributed by atoms with E-state index in [1.54, 1.807) is 0 Å². The highest BCUT2D eigenvalue weighted by Crippen LogP contribution is 2.16. The standard InChI is InChI=1S/C7H4F2N2O/c8-4-2-1-3-5-6(4)11(12)7(9)10-5/h1-3,12H. The second kappa shape index (κ2) is 2.17. The van der Waals surface area contributed by atoms with Gasteiger partial charge in [-0.1, -0.05) is 6.07 Å². The van der Waals surface area contributed by atoms with Crippen LogP contribution >= 0.6 is 0 Å². The second-order valence-electron chi connectivity index (χ2n) is 2.30. The zero-order chi connectivity index (χ0) is 8.72. The van der Waals surface area contributed by atoms with Crippen LogP contribution in [0.25, 0.3) is 11.0 Å². The fraction of sp³-hybridized carbons (Fsp3) is 0. The van der Waals surface area contributed by atoms with Crippen LogP contribution in [0, 0.1) is 11.9 Å². The van der Waals surface area contributed by atoms with Crippen LogP contribution < -0.4 is 0 Å². The van der Waals surface area contributed by atoms with Crippen LogP contribution in [0.5, 0.6) is 0 Å². The van der Waals surface area contributed by atoms with Gasteiger partial charge in [0.05, 0.1) is 5.52 Å². The second-order valence-corrected chi connectivity index (χ2v) is 2.30. The SMILES string of the molecule is On1c(F)nc2cccc(F)c21. The Bertz CT molecular complexity index is 438. The number of halogens is 2. The normalized spacial score (nSPS) is 10.8. The Hall–Kier alpha value is -1.65. The number of fused-ring (bicyclic) bond motifs is 1. The van der Waals surface area contributed by atoms with Gasteiger partial charge in [-0.25, -0.2) is 4.39 Å². The Morgan fingerprint density at radius 2 is 2.08 bits per heavy atom. The highest BCUT2D eigenvalue weighted by Gasteiger charge is 2.12. The number of rotatable bonds is 0. The smallest absolute Gasteiger partial charge is 0.323 e. The third-order valence-corrected chi connectivity index (χ3v) is 1.56. The summed E-state index contributed by atoms with van der Waals surface area (Å²) in [6, 6.07) is 3.93. The van der Waals surface area contributed by atoms with Gasteiger partial charge in [0.25, 0.3) is 0 Å². The van der Waals surface area contributed by atoms with E-state index in [1.807, 2.05) is 0 Å². The number of hydrogen-bond acceptors (Lipinski definition) is 2. The molecule has 62 valence electrons. The van der Waals surface area contributed by atoms with Crippen molar-refractivity contribution in [3.8, 4) is 0 Å². The van der Waals surface area contributed by atoms with E-state index in [2.05, 4.69) is 4.98 Å². The van der Waals surface area contributed by atoms with Gasteiger partial charge < -0.3 is 5.21 Å². The van der Waals surface area contributed by atoms with Crippen molar-refractivity contribution in [3.05, 3.63) is 30.1 Å². The quantitative estimate of drug-likeness (QED) is 0.609. The lowest BCUT2D eigenvalue weighted by molar-refractivity contribution is 0.153. The molecule has 0 saturated heterocycles. The van der Waals surface area contributed by atoms with Gasteiger partial charge in [0, 0.05) is 0 Å². The first-order chi connectivity index (χ1) is 5.70. The molecule has 1 N–H and O–H groups in total. The highest BCUT2D eigenvalue weighted by molar-refractivity contribution is 5.75. The summed E-state index contributed by atoms with van der Waals surface area (Å²) in [5, 5.41) is 8.92. The van der Waals surface area contributed by atoms with Crippen molar-refractivity contribution in [2.45, 2.75) is 0 Å². The molecule has 2 aromatic rings. The Morgan fingerprint density at radius 1 is 1.33 bits per heavy atom. The van der Waals surface area contributed by atoms with Crippen molar-refractivity contribution in [1.29, 1.82) is 0 Å². The maximum atomic E-state index is 12.9. The lowest BCUT2D eigenvalue weighted by Gasteiger charge is -1.93. The Labute approximate surface area is 65.8 Å². The number of nitrogens with zero attached hydrogens (tertiary/aromatic N) is 2. The fourth-order valence-corrected chi connectivity index (χ4v) is 1.04. The molecule has 0 aliphatic heterocycles. The molecule has 0 spiro atoms. The first-order valence-corrected chi connectivity index (χ1v) is 3.22. The lowest BCUT2D eigenvalue weighted by Crippen LogP contribution is -1.95. The molecule has 5 heteroatoms. The number of hydrogen-bond donors (Lipinski definition) is 1. The van der Waals surface area contributed by atoms with E-state index in [0.29, 0.717) is 0 Å². The molecule has 1 aromatic carbocycles. The summed E-state index contributed by atoms with van der Waals surface area (Å²) in [6.07, 6.45) is -1.12. The lowest BCUT2D eigenvalue weighted by atomic mass is 10.3. The van der Waals surface area contributed by atoms with E-state index in [9.17, 15) is 8.78 Å². The third-order valence-electron chi connectivity index (χ3n) is 1.56. The summed E-state index contributed by atoms with van der Waals surface area (Å²) < 4.78 is 25.5. The van der Waals surface area contributed by atoms with Crippen LogP contribution in [0.1, 0.15) is 0 Å². The minimum atomic E-state index is -1.12. The summed E-state index contributed by atoms with van der Waals surface area (Å²) in [7, 11) is 0. The molecule has 2 rings (SSSR count). The largest absolute Gasteiger partial charge is 0.424 e. The molecule has 12 heavy (non-hydrogen) atoms. The predicted octanol–water partition coefficient (Wildman–Crippen LogP) is 1.55. The highest BCUT2D eigenvalue weighted by atomic mass is 19.1. The predicted molar refractivity (Wildman–Crippen MR) is 36.8 cm³/mol. The molecule has 0 amide bonds. The van der Waals surface area contributed by atoms with E-state index in [1.165, 1.54) is 12.1 Å². The molecule has 1 aromatic heterocycles. The van der Waals surface area contributed by atoms with Gasteiger partial charge in [-0.2, -0.15) is 9.37 Å². The van der Waals surface area contributed by atoms with Crippen molar-refractivity contribution in [2.24, 2.45) is 0 Å². The van der Waals surface area contributed by atoms with Crippen molar-refractivity contribution in [1.82, 2.24) is 9.71 Å². The minimum Gasteiger partial charge on any atom is -0.424 e. The summed E-state index contributed by atoms with van der Waals surface area (Å²) in [6.45, 7) is 0. The molecule has 0 saturated carbocycles. The Balaban J connectivity index is 2.97. The van der Waals surface area contributed by atoms with Crippen LogP contribution in [0.3, 0.4) is 0 Å². The summed E-state index contributed by atoms with van der Waals surface area (Å²) in [5.74, 6) is -0.702. The molecule has 0 aliphatic rings.